The molecule has 3 amide bonds. The molecule has 0 aliphatic carbocycles. The van der Waals surface area contributed by atoms with E-state index < -0.39 is 28.7 Å². The summed E-state index contributed by atoms with van der Waals surface area (Å²) in [5.74, 6) is -1.89. The average molecular weight is 449 g/mol. The SMILES string of the molecule is C[C@H](N(O)C=O)C(CCCc1ccccc1)(C(N)=O)[C@@H](C(=O)NCCN(C)C)C(C)(C)C. The van der Waals surface area contributed by atoms with Crippen molar-refractivity contribution in [3.8, 4) is 0 Å². The van der Waals surface area contributed by atoms with Gasteiger partial charge in [0.2, 0.25) is 18.2 Å². The van der Waals surface area contributed by atoms with E-state index in [1.54, 1.807) is 6.92 Å². The molecule has 0 aliphatic rings. The molecule has 0 fully saturated rings. The monoisotopic (exact) mass is 448 g/mol. The van der Waals surface area contributed by atoms with Crippen LogP contribution in [-0.2, 0) is 20.8 Å². The van der Waals surface area contributed by atoms with Crippen LogP contribution in [0.4, 0.5) is 0 Å². The van der Waals surface area contributed by atoms with Crippen LogP contribution in [0.2, 0.25) is 0 Å². The van der Waals surface area contributed by atoms with Crippen molar-refractivity contribution in [2.75, 3.05) is 27.2 Å². The predicted octanol–water partition coefficient (Wildman–Crippen LogP) is 2.06. The summed E-state index contributed by atoms with van der Waals surface area (Å²) in [6.45, 7) is 8.21. The Bertz CT molecular complexity index is 748. The van der Waals surface area contributed by atoms with Gasteiger partial charge in [0, 0.05) is 13.1 Å². The molecule has 32 heavy (non-hydrogen) atoms. The lowest BCUT2D eigenvalue weighted by Crippen LogP contribution is -2.62. The number of nitrogens with one attached hydrogen (secondary N) is 1. The van der Waals surface area contributed by atoms with Crippen LogP contribution >= 0.6 is 0 Å². The Morgan fingerprint density at radius 3 is 2.25 bits per heavy atom. The zero-order valence-electron chi connectivity index (χ0n) is 20.3. The summed E-state index contributed by atoms with van der Waals surface area (Å²) in [5.41, 5.74) is 4.94. The molecule has 0 saturated heterocycles. The fraction of sp³-hybridized carbons (Fsp3) is 0.625. The van der Waals surface area contributed by atoms with Gasteiger partial charge in [-0.3, -0.25) is 19.6 Å². The third-order valence-electron chi connectivity index (χ3n) is 6.11. The Balaban J connectivity index is 3.39. The third-order valence-corrected chi connectivity index (χ3v) is 6.11. The first kappa shape index (κ1) is 27.6. The molecule has 0 aliphatic heterocycles. The van der Waals surface area contributed by atoms with Gasteiger partial charge in [-0.2, -0.15) is 0 Å². The van der Waals surface area contributed by atoms with Crippen LogP contribution in [0.15, 0.2) is 30.3 Å². The molecule has 4 N–H and O–H groups in total. The summed E-state index contributed by atoms with van der Waals surface area (Å²) in [6.07, 6.45) is 1.73. The number of hydrogen-bond acceptors (Lipinski definition) is 5. The second kappa shape index (κ2) is 12.0. The number of nitrogens with zero attached hydrogens (tertiary/aromatic N) is 2. The molecule has 0 heterocycles. The summed E-state index contributed by atoms with van der Waals surface area (Å²) < 4.78 is 0. The molecular formula is C24H40N4O4. The highest BCUT2D eigenvalue weighted by Gasteiger charge is 2.57. The first-order chi connectivity index (χ1) is 14.9. The molecule has 0 saturated carbocycles. The van der Waals surface area contributed by atoms with Crippen molar-refractivity contribution >= 4 is 18.2 Å². The van der Waals surface area contributed by atoms with Crippen molar-refractivity contribution in [3.63, 3.8) is 0 Å². The minimum Gasteiger partial charge on any atom is -0.369 e. The lowest BCUT2D eigenvalue weighted by molar-refractivity contribution is -0.187. The Labute approximate surface area is 192 Å². The summed E-state index contributed by atoms with van der Waals surface area (Å²) in [6, 6.07) is 8.81. The van der Waals surface area contributed by atoms with E-state index in [0.717, 1.165) is 5.56 Å². The number of amides is 3. The van der Waals surface area contributed by atoms with Crippen LogP contribution in [0, 0.1) is 16.7 Å². The first-order valence-electron chi connectivity index (χ1n) is 11.1. The van der Waals surface area contributed by atoms with Crippen molar-refractivity contribution in [3.05, 3.63) is 35.9 Å². The van der Waals surface area contributed by atoms with E-state index in [1.807, 2.05) is 70.1 Å². The number of likely N-dealkylation sites (N-methyl/N-ethyl adjacent to an activating group) is 1. The molecule has 8 heteroatoms. The van der Waals surface area contributed by atoms with Gasteiger partial charge < -0.3 is 16.0 Å². The number of primary amides is 1. The summed E-state index contributed by atoms with van der Waals surface area (Å²) in [4.78, 5) is 39.9. The van der Waals surface area contributed by atoms with Crippen LogP contribution in [0.5, 0.6) is 0 Å². The van der Waals surface area contributed by atoms with Crippen molar-refractivity contribution < 1.29 is 19.6 Å². The summed E-state index contributed by atoms with van der Waals surface area (Å²) in [7, 11) is 3.81. The lowest BCUT2D eigenvalue weighted by Gasteiger charge is -2.48. The molecular weight excluding hydrogens is 408 g/mol. The average Bonchev–Trinajstić information content (AvgIpc) is 2.71. The van der Waals surface area contributed by atoms with E-state index in [1.165, 1.54) is 0 Å². The normalized spacial score (nSPS) is 15.5. The molecule has 8 nitrogen and oxygen atoms in total. The fourth-order valence-electron chi connectivity index (χ4n) is 4.53. The number of benzene rings is 1. The highest BCUT2D eigenvalue weighted by molar-refractivity contribution is 5.91. The van der Waals surface area contributed by atoms with Gasteiger partial charge >= 0.3 is 0 Å². The van der Waals surface area contributed by atoms with Gasteiger partial charge in [-0.15, -0.1) is 0 Å². The summed E-state index contributed by atoms with van der Waals surface area (Å²) in [5, 5.41) is 13.7. The quantitative estimate of drug-likeness (QED) is 0.243. The maximum absolute atomic E-state index is 13.4. The van der Waals surface area contributed by atoms with Gasteiger partial charge in [0.05, 0.1) is 17.4 Å². The van der Waals surface area contributed by atoms with Gasteiger partial charge in [-0.05, 0) is 51.3 Å². The summed E-state index contributed by atoms with van der Waals surface area (Å²) >= 11 is 0. The minimum atomic E-state index is -1.47. The second-order valence-corrected chi connectivity index (χ2v) is 9.80. The molecule has 0 radical (unpaired) electrons. The van der Waals surface area contributed by atoms with Crippen LogP contribution in [0.1, 0.15) is 46.1 Å². The Kier molecular flexibility index (Phi) is 10.3. The zero-order valence-corrected chi connectivity index (χ0v) is 20.3. The largest absolute Gasteiger partial charge is 0.369 e. The van der Waals surface area contributed by atoms with Crippen molar-refractivity contribution in [2.24, 2.45) is 22.5 Å². The second-order valence-electron chi connectivity index (χ2n) is 9.80. The Morgan fingerprint density at radius 1 is 1.19 bits per heavy atom. The van der Waals surface area contributed by atoms with Gasteiger partial charge in [-0.1, -0.05) is 51.1 Å². The van der Waals surface area contributed by atoms with Crippen LogP contribution in [-0.4, -0.2) is 66.6 Å². The topological polar surface area (TPSA) is 116 Å². The van der Waals surface area contributed by atoms with Crippen LogP contribution < -0.4 is 11.1 Å². The van der Waals surface area contributed by atoms with Crippen LogP contribution in [0.25, 0.3) is 0 Å². The maximum atomic E-state index is 13.4. The minimum absolute atomic E-state index is 0.242. The van der Waals surface area contributed by atoms with Crippen molar-refractivity contribution in [1.29, 1.82) is 0 Å². The molecule has 0 bridgehead atoms. The smallest absolute Gasteiger partial charge is 0.233 e. The van der Waals surface area contributed by atoms with E-state index >= 15 is 0 Å². The zero-order chi connectivity index (χ0) is 24.5. The molecule has 1 unspecified atom stereocenters. The van der Waals surface area contributed by atoms with Gasteiger partial charge in [0.1, 0.15) is 0 Å². The van der Waals surface area contributed by atoms with Crippen LogP contribution in [0.3, 0.4) is 0 Å². The first-order valence-corrected chi connectivity index (χ1v) is 11.1. The van der Waals surface area contributed by atoms with Gasteiger partial charge in [0.25, 0.3) is 0 Å². The lowest BCUT2D eigenvalue weighted by atomic mass is 9.57. The van der Waals surface area contributed by atoms with Crippen molar-refractivity contribution in [2.45, 2.75) is 53.0 Å². The highest BCUT2D eigenvalue weighted by atomic mass is 16.5. The Morgan fingerprint density at radius 2 is 1.78 bits per heavy atom. The van der Waals surface area contributed by atoms with E-state index in [4.69, 9.17) is 5.73 Å². The van der Waals surface area contributed by atoms with Gasteiger partial charge in [0.15, 0.2) is 0 Å². The predicted molar refractivity (Wildman–Crippen MR) is 125 cm³/mol. The van der Waals surface area contributed by atoms with Crippen molar-refractivity contribution in [1.82, 2.24) is 15.3 Å². The molecule has 3 atom stereocenters. The molecule has 0 aromatic heterocycles. The van der Waals surface area contributed by atoms with Gasteiger partial charge in [-0.25, -0.2) is 5.06 Å². The Hall–Kier alpha value is -2.45. The molecule has 1 aromatic rings. The molecule has 1 aromatic carbocycles. The molecule has 180 valence electrons. The number of carbonyl (C=O) groups excluding carboxylic acids is 3. The number of hydroxylamine groups is 2. The highest BCUT2D eigenvalue weighted by Crippen LogP contribution is 2.47. The maximum Gasteiger partial charge on any atom is 0.233 e. The fourth-order valence-corrected chi connectivity index (χ4v) is 4.53. The standard InChI is InChI=1S/C24H40N4O4/c1-18(28(32)17-29)24(22(25)31,14-10-13-19-11-8-7-9-12-19)20(23(2,3)4)21(30)26-15-16-27(5)6/h7-9,11-12,17-18,20,32H,10,13-16H2,1-6H3,(H2,25,31)(H,26,30)/t18-,20-,24?/m0/s1. The van der Waals surface area contributed by atoms with E-state index in [9.17, 15) is 19.6 Å². The third kappa shape index (κ3) is 7.03. The number of nitrogens with two attached hydrogens (primary N) is 1. The number of hydrogen-bond donors (Lipinski definition) is 3. The molecule has 0 spiro atoms. The number of rotatable bonds is 13. The van der Waals surface area contributed by atoms with E-state index in [-0.39, 0.29) is 18.7 Å². The van der Waals surface area contributed by atoms with E-state index in [2.05, 4.69) is 5.32 Å². The molecule has 1 rings (SSSR count). The number of carbonyl (C=O) groups is 3. The van der Waals surface area contributed by atoms with E-state index in [0.29, 0.717) is 31.0 Å². The number of aryl methyl sites for hydroxylation is 1.